The van der Waals surface area contributed by atoms with Crippen LogP contribution >= 0.6 is 0 Å². The van der Waals surface area contributed by atoms with E-state index in [1.807, 2.05) is 54.3 Å². The Morgan fingerprint density at radius 2 is 1.59 bits per heavy atom. The summed E-state index contributed by atoms with van der Waals surface area (Å²) in [6.45, 7) is 3.34. The smallest absolute Gasteiger partial charge is 0.243 e. The van der Waals surface area contributed by atoms with Gasteiger partial charge in [0.1, 0.15) is 0 Å². The van der Waals surface area contributed by atoms with Gasteiger partial charge in [-0.2, -0.15) is 4.31 Å². The lowest BCUT2D eigenvalue weighted by Gasteiger charge is -2.36. The summed E-state index contributed by atoms with van der Waals surface area (Å²) < 4.78 is 38.2. The van der Waals surface area contributed by atoms with E-state index >= 15 is 0 Å². The molecule has 1 fully saturated rings. The fourth-order valence-electron chi connectivity index (χ4n) is 4.19. The van der Waals surface area contributed by atoms with Gasteiger partial charge >= 0.3 is 0 Å². The van der Waals surface area contributed by atoms with E-state index < -0.39 is 16.1 Å². The molecule has 1 saturated heterocycles. The number of hydrogen-bond donors (Lipinski definition) is 1. The minimum absolute atomic E-state index is 0.118. The van der Waals surface area contributed by atoms with Crippen LogP contribution in [-0.4, -0.2) is 70.0 Å². The summed E-state index contributed by atoms with van der Waals surface area (Å²) in [5.41, 5.74) is 0.768. The lowest BCUT2D eigenvalue weighted by molar-refractivity contribution is -0.121. The molecule has 0 radical (unpaired) electrons. The maximum atomic E-state index is 13.2. The highest BCUT2D eigenvalue weighted by atomic mass is 32.2. The zero-order valence-electron chi connectivity index (χ0n) is 19.5. The molecule has 0 bridgehead atoms. The minimum Gasteiger partial charge on any atom is -0.493 e. The van der Waals surface area contributed by atoms with Gasteiger partial charge in [-0.1, -0.05) is 36.4 Å². The zero-order chi connectivity index (χ0) is 24.3. The lowest BCUT2D eigenvalue weighted by Crippen LogP contribution is -2.53. The van der Waals surface area contributed by atoms with Crippen LogP contribution in [0.4, 0.5) is 5.69 Å². The molecule has 0 aromatic heterocycles. The van der Waals surface area contributed by atoms with Gasteiger partial charge in [-0.05, 0) is 30.5 Å². The van der Waals surface area contributed by atoms with Crippen LogP contribution in [0.2, 0.25) is 0 Å². The molecular formula is C25H29N3O5S. The van der Waals surface area contributed by atoms with E-state index in [0.717, 1.165) is 16.5 Å². The summed E-state index contributed by atoms with van der Waals surface area (Å²) in [7, 11) is -0.719. The van der Waals surface area contributed by atoms with Crippen molar-refractivity contribution < 1.29 is 22.7 Å². The average Bonchev–Trinajstić information content (AvgIpc) is 2.88. The second-order valence-electron chi connectivity index (χ2n) is 8.15. The molecule has 0 saturated carbocycles. The van der Waals surface area contributed by atoms with Crippen molar-refractivity contribution in [3.05, 3.63) is 60.7 Å². The van der Waals surface area contributed by atoms with E-state index in [9.17, 15) is 13.2 Å². The van der Waals surface area contributed by atoms with Crippen molar-refractivity contribution in [2.45, 2.75) is 17.9 Å². The Bertz CT molecular complexity index is 1280. The van der Waals surface area contributed by atoms with Crippen LogP contribution < -0.4 is 14.8 Å². The van der Waals surface area contributed by atoms with Gasteiger partial charge in [0.2, 0.25) is 15.9 Å². The number of nitrogens with one attached hydrogen (secondary N) is 1. The molecule has 1 N–H and O–H groups in total. The number of hydrogen-bond acceptors (Lipinski definition) is 6. The summed E-state index contributed by atoms with van der Waals surface area (Å²) in [5.74, 6) is 0.714. The van der Waals surface area contributed by atoms with Gasteiger partial charge < -0.3 is 14.8 Å². The molecule has 1 aliphatic rings. The molecule has 1 unspecified atom stereocenters. The predicted molar refractivity (Wildman–Crippen MR) is 132 cm³/mol. The van der Waals surface area contributed by atoms with Crippen LogP contribution in [0.1, 0.15) is 6.92 Å². The van der Waals surface area contributed by atoms with E-state index in [1.165, 1.54) is 30.7 Å². The van der Waals surface area contributed by atoms with Crippen molar-refractivity contribution in [3.8, 4) is 11.5 Å². The van der Waals surface area contributed by atoms with Crippen LogP contribution in [0.5, 0.6) is 11.5 Å². The van der Waals surface area contributed by atoms with Gasteiger partial charge in [-0.15, -0.1) is 0 Å². The zero-order valence-corrected chi connectivity index (χ0v) is 20.3. The number of methoxy groups -OCH3 is 2. The highest BCUT2D eigenvalue weighted by molar-refractivity contribution is 7.89. The summed E-state index contributed by atoms with van der Waals surface area (Å²) in [6.07, 6.45) is 0. The van der Waals surface area contributed by atoms with Gasteiger partial charge in [0, 0.05) is 43.3 Å². The van der Waals surface area contributed by atoms with Gasteiger partial charge in [0.25, 0.3) is 0 Å². The van der Waals surface area contributed by atoms with E-state index in [1.54, 1.807) is 6.07 Å². The van der Waals surface area contributed by atoms with E-state index in [-0.39, 0.29) is 10.8 Å². The summed E-state index contributed by atoms with van der Waals surface area (Å²) in [6, 6.07) is 17.9. The number of fused-ring (bicyclic) bond motifs is 1. The van der Waals surface area contributed by atoms with Crippen molar-refractivity contribution in [3.63, 3.8) is 0 Å². The average molecular weight is 484 g/mol. The normalized spacial score (nSPS) is 16.2. The van der Waals surface area contributed by atoms with Crippen molar-refractivity contribution >= 4 is 32.4 Å². The monoisotopic (exact) mass is 483 g/mol. The van der Waals surface area contributed by atoms with Gasteiger partial charge in [-0.25, -0.2) is 8.42 Å². The number of rotatable bonds is 7. The number of piperazine rings is 1. The minimum atomic E-state index is -3.69. The standard InChI is InChI=1S/C25H29N3O5S/c1-18(25(29)26-22-10-6-8-19-7-4-5-9-21(19)22)27-13-15-28(16-14-27)34(30,31)20-11-12-23(32-2)24(17-20)33-3/h4-12,17-18H,13-16H2,1-3H3,(H,26,29). The summed E-state index contributed by atoms with van der Waals surface area (Å²) in [5, 5.41) is 5.07. The largest absolute Gasteiger partial charge is 0.493 e. The molecule has 9 heteroatoms. The van der Waals surface area contributed by atoms with Gasteiger partial charge in [0.15, 0.2) is 11.5 Å². The molecule has 34 heavy (non-hydrogen) atoms. The highest BCUT2D eigenvalue weighted by Crippen LogP contribution is 2.31. The number of nitrogens with zero attached hydrogens (tertiary/aromatic N) is 2. The summed E-state index contributed by atoms with van der Waals surface area (Å²) >= 11 is 0. The van der Waals surface area contributed by atoms with Crippen molar-refractivity contribution in [2.75, 3.05) is 45.7 Å². The fraction of sp³-hybridized carbons (Fsp3) is 0.320. The first-order chi connectivity index (χ1) is 16.3. The number of carbonyl (C=O) groups excluding carboxylic acids is 1. The second kappa shape index (κ2) is 10.0. The Kier molecular flexibility index (Phi) is 7.06. The van der Waals surface area contributed by atoms with Crippen molar-refractivity contribution in [2.24, 2.45) is 0 Å². The van der Waals surface area contributed by atoms with Crippen molar-refractivity contribution in [1.29, 1.82) is 0 Å². The molecule has 8 nitrogen and oxygen atoms in total. The van der Waals surface area contributed by atoms with E-state index in [0.29, 0.717) is 37.7 Å². The third kappa shape index (κ3) is 4.72. The highest BCUT2D eigenvalue weighted by Gasteiger charge is 2.32. The first-order valence-corrected chi connectivity index (χ1v) is 12.5. The molecule has 1 amide bonds. The Balaban J connectivity index is 1.41. The van der Waals surface area contributed by atoms with Crippen LogP contribution in [0, 0.1) is 0 Å². The molecule has 4 rings (SSSR count). The quantitative estimate of drug-likeness (QED) is 0.555. The number of benzene rings is 3. The third-order valence-electron chi connectivity index (χ3n) is 6.24. The summed E-state index contributed by atoms with van der Waals surface area (Å²) in [4.78, 5) is 15.1. The van der Waals surface area contributed by atoms with Crippen LogP contribution in [0.25, 0.3) is 10.8 Å². The number of anilines is 1. The molecule has 1 aliphatic heterocycles. The lowest BCUT2D eigenvalue weighted by atomic mass is 10.1. The molecule has 0 spiro atoms. The van der Waals surface area contributed by atoms with Gasteiger partial charge in [-0.3, -0.25) is 9.69 Å². The molecule has 180 valence electrons. The molecule has 1 heterocycles. The topological polar surface area (TPSA) is 88.2 Å². The molecule has 1 atom stereocenters. The van der Waals surface area contributed by atoms with Crippen LogP contribution in [-0.2, 0) is 14.8 Å². The van der Waals surface area contributed by atoms with Crippen molar-refractivity contribution in [1.82, 2.24) is 9.21 Å². The second-order valence-corrected chi connectivity index (χ2v) is 10.1. The van der Waals surface area contributed by atoms with E-state index in [4.69, 9.17) is 9.47 Å². The first-order valence-electron chi connectivity index (χ1n) is 11.1. The predicted octanol–water partition coefficient (Wildman–Crippen LogP) is 3.19. The number of ether oxygens (including phenoxy) is 2. The third-order valence-corrected chi connectivity index (χ3v) is 8.14. The molecule has 3 aromatic carbocycles. The number of carbonyl (C=O) groups is 1. The Morgan fingerprint density at radius 1 is 0.912 bits per heavy atom. The Hall–Kier alpha value is -3.14. The van der Waals surface area contributed by atoms with Crippen LogP contribution in [0.15, 0.2) is 65.6 Å². The Labute approximate surface area is 200 Å². The molecular weight excluding hydrogens is 454 g/mol. The maximum Gasteiger partial charge on any atom is 0.243 e. The Morgan fingerprint density at radius 3 is 2.29 bits per heavy atom. The maximum absolute atomic E-state index is 13.2. The molecule has 0 aliphatic carbocycles. The van der Waals surface area contributed by atoms with E-state index in [2.05, 4.69) is 5.32 Å². The fourth-order valence-corrected chi connectivity index (χ4v) is 5.63. The SMILES string of the molecule is COc1ccc(S(=O)(=O)N2CCN(C(C)C(=O)Nc3cccc4ccccc34)CC2)cc1OC. The van der Waals surface area contributed by atoms with Crippen LogP contribution in [0.3, 0.4) is 0 Å². The number of amides is 1. The first kappa shape index (κ1) is 24.0. The number of sulfonamides is 1. The molecule has 3 aromatic rings. The van der Waals surface area contributed by atoms with Gasteiger partial charge in [0.05, 0.1) is 25.2 Å².